The second-order valence-electron chi connectivity index (χ2n) is 12.1. The Labute approximate surface area is 257 Å². The van der Waals surface area contributed by atoms with Gasteiger partial charge in [-0.3, -0.25) is 24.4 Å². The van der Waals surface area contributed by atoms with Gasteiger partial charge in [-0.1, -0.05) is 6.07 Å². The number of aliphatic imine (C=N–C) groups is 1. The summed E-state index contributed by atoms with van der Waals surface area (Å²) in [6.45, 7) is 12.3. The highest BCUT2D eigenvalue weighted by Gasteiger charge is 2.40. The minimum Gasteiger partial charge on any atom is -0.490 e. The van der Waals surface area contributed by atoms with Crippen molar-refractivity contribution in [3.63, 3.8) is 0 Å². The number of pyridine rings is 1. The molecule has 0 unspecified atom stereocenters. The number of carbonyl (C=O) groups is 3. The summed E-state index contributed by atoms with van der Waals surface area (Å²) in [6, 6.07) is 10.4. The van der Waals surface area contributed by atoms with E-state index >= 15 is 0 Å². The summed E-state index contributed by atoms with van der Waals surface area (Å²) >= 11 is 0. The molecule has 1 aromatic heterocycles. The van der Waals surface area contributed by atoms with E-state index in [9.17, 15) is 14.4 Å². The number of carbonyl (C=O) groups excluding carboxylic acids is 3. The minimum absolute atomic E-state index is 0.192. The molecule has 2 aliphatic heterocycles. The van der Waals surface area contributed by atoms with Crippen molar-refractivity contribution in [3.05, 3.63) is 82.2 Å². The Balaban J connectivity index is 1.61. The molecule has 230 valence electrons. The van der Waals surface area contributed by atoms with Gasteiger partial charge >= 0.3 is 5.97 Å². The van der Waals surface area contributed by atoms with Crippen molar-refractivity contribution < 1.29 is 28.6 Å². The summed E-state index contributed by atoms with van der Waals surface area (Å²) in [5.74, 6) is -0.0429. The lowest BCUT2D eigenvalue weighted by Crippen LogP contribution is -2.32. The fourth-order valence-electron chi connectivity index (χ4n) is 5.69. The fraction of sp³-hybridized carbons (Fsp3) is 0.382. The van der Waals surface area contributed by atoms with Crippen molar-refractivity contribution in [1.82, 2.24) is 10.3 Å². The van der Waals surface area contributed by atoms with E-state index in [-0.39, 0.29) is 24.4 Å². The van der Waals surface area contributed by atoms with Crippen molar-refractivity contribution in [2.75, 3.05) is 25.1 Å². The average Bonchev–Trinajstić information content (AvgIpc) is 3.30. The van der Waals surface area contributed by atoms with Crippen LogP contribution in [0.3, 0.4) is 0 Å². The maximum atomic E-state index is 13.3. The molecule has 2 aromatic carbocycles. The van der Waals surface area contributed by atoms with Crippen LogP contribution in [0, 0.1) is 0 Å². The third-order valence-electron chi connectivity index (χ3n) is 7.41. The van der Waals surface area contributed by atoms with Gasteiger partial charge in [-0.2, -0.15) is 0 Å². The zero-order valence-corrected chi connectivity index (χ0v) is 26.0. The molecule has 3 aromatic rings. The third-order valence-corrected chi connectivity index (χ3v) is 7.41. The first kappa shape index (κ1) is 30.7. The van der Waals surface area contributed by atoms with Crippen LogP contribution >= 0.6 is 0 Å². The van der Waals surface area contributed by atoms with E-state index in [1.165, 1.54) is 12.4 Å². The Bertz CT molecular complexity index is 1650. The fourth-order valence-corrected chi connectivity index (χ4v) is 5.69. The number of aromatic nitrogens is 1. The number of anilines is 1. The molecule has 10 heteroatoms. The van der Waals surface area contributed by atoms with Gasteiger partial charge in [-0.25, -0.2) is 0 Å². The summed E-state index contributed by atoms with van der Waals surface area (Å²) < 4.78 is 17.4. The van der Waals surface area contributed by atoms with E-state index < -0.39 is 28.9 Å². The van der Waals surface area contributed by atoms with Crippen LogP contribution in [0.4, 0.5) is 5.69 Å². The van der Waals surface area contributed by atoms with E-state index in [4.69, 9.17) is 19.2 Å². The summed E-state index contributed by atoms with van der Waals surface area (Å²) in [4.78, 5) is 47.6. The largest absolute Gasteiger partial charge is 0.490 e. The monoisotopic (exact) mass is 598 g/mol. The van der Waals surface area contributed by atoms with Crippen LogP contribution in [0.25, 0.3) is 0 Å². The Morgan fingerprint density at radius 3 is 2.41 bits per heavy atom. The second kappa shape index (κ2) is 12.1. The molecule has 0 bridgehead atoms. The molecule has 0 aliphatic carbocycles. The number of benzene rings is 2. The standard InChI is InChI=1S/C34H38N4O6/c1-7-42-26-16-22-17-33(3,4)38-29(28(22)24-18-34(5,6)44-30(24)26)21-9-10-23(32(41)36-19-27(39)43-8-2)25(15-21)37-31(40)20-11-13-35-14-12-20/h9-16H,7-8,17-19H2,1-6H3,(H,36,41)(H,37,40). The van der Waals surface area contributed by atoms with Crippen LogP contribution in [0.5, 0.6) is 11.5 Å². The quantitative estimate of drug-likeness (QED) is 0.335. The molecule has 10 nitrogen and oxygen atoms in total. The van der Waals surface area contributed by atoms with Crippen LogP contribution in [0.15, 0.2) is 53.8 Å². The number of nitrogens with zero attached hydrogens (tertiary/aromatic N) is 2. The zero-order valence-electron chi connectivity index (χ0n) is 26.0. The molecular formula is C34H38N4O6. The molecule has 5 rings (SSSR count). The zero-order chi connectivity index (χ0) is 31.6. The molecule has 0 saturated carbocycles. The summed E-state index contributed by atoms with van der Waals surface area (Å²) in [5, 5.41) is 5.48. The number of fused-ring (bicyclic) bond motifs is 3. The average molecular weight is 599 g/mol. The van der Waals surface area contributed by atoms with Gasteiger partial charge in [0.1, 0.15) is 12.1 Å². The van der Waals surface area contributed by atoms with Gasteiger partial charge in [-0.15, -0.1) is 0 Å². The highest BCUT2D eigenvalue weighted by Crippen LogP contribution is 2.48. The molecule has 0 fully saturated rings. The molecule has 44 heavy (non-hydrogen) atoms. The topological polar surface area (TPSA) is 128 Å². The predicted molar refractivity (Wildman–Crippen MR) is 167 cm³/mol. The first-order valence-electron chi connectivity index (χ1n) is 14.8. The van der Waals surface area contributed by atoms with Gasteiger partial charge in [0.25, 0.3) is 11.8 Å². The third kappa shape index (κ3) is 6.44. The van der Waals surface area contributed by atoms with E-state index in [2.05, 4.69) is 49.4 Å². The van der Waals surface area contributed by atoms with Gasteiger partial charge in [0.05, 0.1) is 35.7 Å². The molecule has 2 aliphatic rings. The van der Waals surface area contributed by atoms with Crippen LogP contribution in [0.2, 0.25) is 0 Å². The smallest absolute Gasteiger partial charge is 0.325 e. The van der Waals surface area contributed by atoms with E-state index in [1.54, 1.807) is 31.2 Å². The Kier molecular flexibility index (Phi) is 8.45. The van der Waals surface area contributed by atoms with Crippen molar-refractivity contribution in [3.8, 4) is 11.5 Å². The molecule has 0 spiro atoms. The number of amides is 2. The van der Waals surface area contributed by atoms with E-state index in [1.807, 2.05) is 13.0 Å². The number of hydrogen-bond donors (Lipinski definition) is 2. The molecule has 0 radical (unpaired) electrons. The van der Waals surface area contributed by atoms with E-state index in [0.717, 1.165) is 39.5 Å². The maximum Gasteiger partial charge on any atom is 0.325 e. The van der Waals surface area contributed by atoms with Gasteiger partial charge in [0.2, 0.25) is 0 Å². The van der Waals surface area contributed by atoms with Gasteiger partial charge in [-0.05, 0) is 83.9 Å². The minimum atomic E-state index is -0.555. The lowest BCUT2D eigenvalue weighted by atomic mass is 9.80. The molecule has 0 saturated heterocycles. The summed E-state index contributed by atoms with van der Waals surface area (Å²) in [5.41, 5.74) is 4.58. The molecule has 3 heterocycles. The Morgan fingerprint density at radius 2 is 1.70 bits per heavy atom. The van der Waals surface area contributed by atoms with E-state index in [0.29, 0.717) is 25.0 Å². The second-order valence-corrected chi connectivity index (χ2v) is 12.1. The van der Waals surface area contributed by atoms with Gasteiger partial charge in [0, 0.05) is 41.1 Å². The molecule has 0 atom stereocenters. The van der Waals surface area contributed by atoms with Crippen LogP contribution in [-0.2, 0) is 22.4 Å². The number of esters is 1. The predicted octanol–water partition coefficient (Wildman–Crippen LogP) is 4.91. The highest BCUT2D eigenvalue weighted by atomic mass is 16.5. The SMILES string of the molecule is CCOC(=O)CNC(=O)c1ccc(C2=NC(C)(C)Cc3cc(OCC)c4c(c32)CC(C)(C)O4)cc1NC(=O)c1ccncc1. The first-order chi connectivity index (χ1) is 20.9. The van der Waals surface area contributed by atoms with Crippen LogP contribution in [-0.4, -0.2) is 59.4 Å². The first-order valence-corrected chi connectivity index (χ1v) is 14.8. The van der Waals surface area contributed by atoms with Crippen LogP contribution in [0.1, 0.15) is 84.5 Å². The van der Waals surface area contributed by atoms with Crippen molar-refractivity contribution >= 4 is 29.2 Å². The number of nitrogens with one attached hydrogen (secondary N) is 2. The summed E-state index contributed by atoms with van der Waals surface area (Å²) in [6.07, 6.45) is 4.42. The Morgan fingerprint density at radius 1 is 0.955 bits per heavy atom. The lowest BCUT2D eigenvalue weighted by molar-refractivity contribution is -0.141. The number of ether oxygens (including phenoxy) is 3. The summed E-state index contributed by atoms with van der Waals surface area (Å²) in [7, 11) is 0. The highest BCUT2D eigenvalue weighted by molar-refractivity contribution is 6.18. The normalized spacial score (nSPS) is 15.6. The molecule has 2 N–H and O–H groups in total. The van der Waals surface area contributed by atoms with Gasteiger partial charge < -0.3 is 24.8 Å². The number of hydrogen-bond acceptors (Lipinski definition) is 8. The molecule has 2 amide bonds. The van der Waals surface area contributed by atoms with Crippen molar-refractivity contribution in [1.29, 1.82) is 0 Å². The number of rotatable bonds is 9. The van der Waals surface area contributed by atoms with Crippen molar-refractivity contribution in [2.24, 2.45) is 4.99 Å². The maximum absolute atomic E-state index is 13.3. The van der Waals surface area contributed by atoms with Gasteiger partial charge in [0.15, 0.2) is 11.5 Å². The lowest BCUT2D eigenvalue weighted by Gasteiger charge is -2.31. The molecular weight excluding hydrogens is 560 g/mol. The van der Waals surface area contributed by atoms with Crippen molar-refractivity contribution in [2.45, 2.75) is 65.5 Å². The van der Waals surface area contributed by atoms with Crippen LogP contribution < -0.4 is 20.1 Å². The Hall–Kier alpha value is -4.73.